The maximum absolute atomic E-state index is 14.3. The Morgan fingerprint density at radius 3 is 2.81 bits per heavy atom. The number of nitrogens with two attached hydrogens (primary N) is 1. The lowest BCUT2D eigenvalue weighted by molar-refractivity contribution is 0.203. The fraction of sp³-hybridized carbons (Fsp3) is 0.200. The highest BCUT2D eigenvalue weighted by atomic mass is 32.2. The molecule has 0 saturated carbocycles. The highest BCUT2D eigenvalue weighted by molar-refractivity contribution is 7.89. The van der Waals surface area contributed by atoms with E-state index < -0.39 is 15.8 Å². The van der Waals surface area contributed by atoms with E-state index in [1.807, 2.05) is 23.2 Å². The molecular formula is C20H22FN7O3S. The molecule has 4 rings (SSSR count). The lowest BCUT2D eigenvalue weighted by Crippen LogP contribution is -2.34. The summed E-state index contributed by atoms with van der Waals surface area (Å²) in [7, 11) is -2.20. The van der Waals surface area contributed by atoms with Gasteiger partial charge >= 0.3 is 0 Å². The van der Waals surface area contributed by atoms with Crippen molar-refractivity contribution in [1.82, 2.24) is 15.4 Å². The number of rotatable bonds is 8. The van der Waals surface area contributed by atoms with Gasteiger partial charge in [0.2, 0.25) is 16.0 Å². The molecule has 0 fully saturated rings. The Hall–Kier alpha value is -3.32. The van der Waals surface area contributed by atoms with Gasteiger partial charge in [0.25, 0.3) is 0 Å². The molecule has 2 aromatic carbocycles. The van der Waals surface area contributed by atoms with Crippen molar-refractivity contribution >= 4 is 38.9 Å². The van der Waals surface area contributed by atoms with E-state index in [2.05, 4.69) is 26.0 Å². The van der Waals surface area contributed by atoms with Crippen molar-refractivity contribution in [2.24, 2.45) is 5.14 Å². The van der Waals surface area contributed by atoms with E-state index in [4.69, 9.17) is 9.88 Å². The third-order valence-corrected chi connectivity index (χ3v) is 5.69. The van der Waals surface area contributed by atoms with Gasteiger partial charge in [-0.2, -0.15) is 4.98 Å². The zero-order valence-corrected chi connectivity index (χ0v) is 18.0. The Balaban J connectivity index is 1.52. The third-order valence-electron chi connectivity index (χ3n) is 4.78. The fourth-order valence-corrected chi connectivity index (χ4v) is 3.81. The number of hydrogen-bond donors (Lipinski definition) is 4. The molecule has 0 spiro atoms. The topological polar surface area (TPSA) is 134 Å². The van der Waals surface area contributed by atoms with Crippen LogP contribution in [-0.4, -0.2) is 38.6 Å². The Kier molecular flexibility index (Phi) is 6.19. The summed E-state index contributed by atoms with van der Waals surface area (Å²) in [5.41, 5.74) is 6.43. The highest BCUT2D eigenvalue weighted by Crippen LogP contribution is 2.29. The van der Waals surface area contributed by atoms with Gasteiger partial charge in [0.1, 0.15) is 0 Å². The number of halogens is 1. The maximum Gasteiger partial charge on any atom is 0.238 e. The van der Waals surface area contributed by atoms with Crippen LogP contribution in [0.4, 0.5) is 33.2 Å². The van der Waals surface area contributed by atoms with Gasteiger partial charge in [-0.25, -0.2) is 28.4 Å². The van der Waals surface area contributed by atoms with Crippen LogP contribution >= 0.6 is 0 Å². The van der Waals surface area contributed by atoms with Gasteiger partial charge in [0.05, 0.1) is 29.9 Å². The zero-order valence-electron chi connectivity index (χ0n) is 17.2. The second-order valence-corrected chi connectivity index (χ2v) is 8.60. The monoisotopic (exact) mass is 459 g/mol. The molecule has 10 nitrogen and oxygen atoms in total. The molecule has 2 heterocycles. The number of sulfonamides is 1. The molecule has 5 N–H and O–H groups in total. The standard InChI is InChI=1S/C20H22FN7O3S/c1-31-8-7-28-18-6-5-15(9-13(18)11-24-28)25-19-17(21)12-23-20(27-19)26-14-3-2-4-16(10-14)32(22,29)30/h2-6,9-10,12,24H,7-8,11H2,1H3,(H2,22,29,30)(H2,23,25,26,27). The van der Waals surface area contributed by atoms with Gasteiger partial charge in [-0.1, -0.05) is 6.07 Å². The quantitative estimate of drug-likeness (QED) is 0.400. The molecule has 0 saturated heterocycles. The molecule has 168 valence electrons. The first kappa shape index (κ1) is 21.9. The van der Waals surface area contributed by atoms with Crippen LogP contribution in [0, 0.1) is 5.82 Å². The summed E-state index contributed by atoms with van der Waals surface area (Å²) >= 11 is 0. The lowest BCUT2D eigenvalue weighted by Gasteiger charge is -2.18. The number of primary sulfonamides is 1. The molecule has 32 heavy (non-hydrogen) atoms. The van der Waals surface area contributed by atoms with E-state index in [1.165, 1.54) is 18.2 Å². The number of benzene rings is 2. The predicted molar refractivity (Wildman–Crippen MR) is 119 cm³/mol. The van der Waals surface area contributed by atoms with Gasteiger partial charge in [-0.15, -0.1) is 0 Å². The molecule has 1 aromatic heterocycles. The van der Waals surface area contributed by atoms with Gasteiger partial charge in [-0.05, 0) is 42.0 Å². The van der Waals surface area contributed by atoms with Crippen molar-refractivity contribution in [1.29, 1.82) is 0 Å². The molecule has 0 bridgehead atoms. The number of hydrogen-bond acceptors (Lipinski definition) is 9. The Morgan fingerprint density at radius 2 is 2.03 bits per heavy atom. The second kappa shape index (κ2) is 9.04. The van der Waals surface area contributed by atoms with Crippen molar-refractivity contribution in [3.63, 3.8) is 0 Å². The lowest BCUT2D eigenvalue weighted by atomic mass is 10.1. The summed E-state index contributed by atoms with van der Waals surface area (Å²) in [5, 5.41) is 13.0. The zero-order chi connectivity index (χ0) is 22.7. The van der Waals surface area contributed by atoms with E-state index in [0.717, 1.165) is 17.4 Å². The summed E-state index contributed by atoms with van der Waals surface area (Å²) in [4.78, 5) is 8.03. The van der Waals surface area contributed by atoms with Crippen LogP contribution in [0.2, 0.25) is 0 Å². The summed E-state index contributed by atoms with van der Waals surface area (Å²) in [6.07, 6.45) is 1.03. The number of ether oxygens (including phenoxy) is 1. The molecular weight excluding hydrogens is 437 g/mol. The smallest absolute Gasteiger partial charge is 0.238 e. The summed E-state index contributed by atoms with van der Waals surface area (Å²) in [5.74, 6) is -0.560. The largest absolute Gasteiger partial charge is 0.383 e. The molecule has 0 amide bonds. The first-order chi connectivity index (χ1) is 15.3. The minimum atomic E-state index is -3.86. The number of methoxy groups -OCH3 is 1. The molecule has 1 aliphatic heterocycles. The van der Waals surface area contributed by atoms with Crippen LogP contribution in [0.3, 0.4) is 0 Å². The number of aromatic nitrogens is 2. The van der Waals surface area contributed by atoms with Crippen LogP contribution in [0.25, 0.3) is 0 Å². The second-order valence-electron chi connectivity index (χ2n) is 7.04. The molecule has 0 atom stereocenters. The van der Waals surface area contributed by atoms with Crippen LogP contribution in [0.1, 0.15) is 5.56 Å². The van der Waals surface area contributed by atoms with E-state index in [1.54, 1.807) is 13.2 Å². The summed E-state index contributed by atoms with van der Waals surface area (Å²) in [6, 6.07) is 11.5. The number of fused-ring (bicyclic) bond motifs is 1. The number of hydrazine groups is 1. The van der Waals surface area contributed by atoms with Crippen LogP contribution in [0.15, 0.2) is 53.6 Å². The van der Waals surface area contributed by atoms with Crippen LogP contribution in [0.5, 0.6) is 0 Å². The normalized spacial score (nSPS) is 13.2. The van der Waals surface area contributed by atoms with Crippen molar-refractivity contribution in [3.05, 3.63) is 60.0 Å². The maximum atomic E-state index is 14.3. The number of anilines is 5. The molecule has 0 aliphatic carbocycles. The van der Waals surface area contributed by atoms with E-state index in [-0.39, 0.29) is 16.7 Å². The number of nitrogens with zero attached hydrogens (tertiary/aromatic N) is 3. The molecule has 3 aromatic rings. The Bertz CT molecular complexity index is 1240. The van der Waals surface area contributed by atoms with Crippen LogP contribution in [-0.2, 0) is 21.3 Å². The average Bonchev–Trinajstić information content (AvgIpc) is 3.16. The van der Waals surface area contributed by atoms with Crippen molar-refractivity contribution in [2.75, 3.05) is 35.9 Å². The summed E-state index contributed by atoms with van der Waals surface area (Å²) < 4.78 is 42.5. The minimum Gasteiger partial charge on any atom is -0.383 e. The van der Waals surface area contributed by atoms with E-state index in [0.29, 0.717) is 31.1 Å². The highest BCUT2D eigenvalue weighted by Gasteiger charge is 2.19. The SMILES string of the molecule is COCCN1NCc2cc(Nc3nc(Nc4cccc(S(N)(=O)=O)c4)ncc3F)ccc21. The molecule has 12 heteroatoms. The Labute approximate surface area is 184 Å². The van der Waals surface area contributed by atoms with E-state index >= 15 is 0 Å². The third kappa shape index (κ3) is 4.94. The fourth-order valence-electron chi connectivity index (χ4n) is 3.25. The first-order valence-corrected chi connectivity index (χ1v) is 11.2. The van der Waals surface area contributed by atoms with E-state index in [9.17, 15) is 12.8 Å². The van der Waals surface area contributed by atoms with Gasteiger partial charge in [0, 0.05) is 25.0 Å². The van der Waals surface area contributed by atoms with Gasteiger partial charge in [0.15, 0.2) is 11.6 Å². The molecule has 1 aliphatic rings. The minimum absolute atomic E-state index is 0.0211. The van der Waals surface area contributed by atoms with Crippen molar-refractivity contribution in [2.45, 2.75) is 11.4 Å². The van der Waals surface area contributed by atoms with Crippen LogP contribution < -0.4 is 26.2 Å². The molecule has 0 radical (unpaired) electrons. The number of nitrogens with one attached hydrogen (secondary N) is 3. The Morgan fingerprint density at radius 1 is 1.22 bits per heavy atom. The first-order valence-electron chi connectivity index (χ1n) is 9.66. The van der Waals surface area contributed by atoms with Gasteiger partial charge < -0.3 is 20.4 Å². The average molecular weight is 460 g/mol. The summed E-state index contributed by atoms with van der Waals surface area (Å²) in [6.45, 7) is 1.95. The predicted octanol–water partition coefficient (Wildman–Crippen LogP) is 2.22. The van der Waals surface area contributed by atoms with Gasteiger partial charge in [-0.3, -0.25) is 0 Å². The van der Waals surface area contributed by atoms with Crippen molar-refractivity contribution in [3.8, 4) is 0 Å². The van der Waals surface area contributed by atoms with Crippen molar-refractivity contribution < 1.29 is 17.5 Å². The molecule has 0 unspecified atom stereocenters.